The molecule has 2 N–H and O–H groups in total. The number of rotatable bonds is 4. The summed E-state index contributed by atoms with van der Waals surface area (Å²) in [5.41, 5.74) is 2.75. The van der Waals surface area contributed by atoms with Crippen molar-refractivity contribution in [3.8, 4) is 0 Å². The van der Waals surface area contributed by atoms with Crippen LogP contribution in [0.4, 0.5) is 0 Å². The minimum atomic E-state index is -0.0108. The molecular formula is C15H20N2O. The van der Waals surface area contributed by atoms with Crippen LogP contribution in [0.5, 0.6) is 0 Å². The van der Waals surface area contributed by atoms with Crippen LogP contribution in [0.2, 0.25) is 0 Å². The lowest BCUT2D eigenvalue weighted by Gasteiger charge is -2.23. The van der Waals surface area contributed by atoms with E-state index in [0.717, 1.165) is 31.8 Å². The van der Waals surface area contributed by atoms with Crippen LogP contribution >= 0.6 is 0 Å². The van der Waals surface area contributed by atoms with Crippen molar-refractivity contribution >= 4 is 5.91 Å². The minimum absolute atomic E-state index is 0.0108. The fourth-order valence-corrected chi connectivity index (χ4v) is 2.58. The van der Waals surface area contributed by atoms with Gasteiger partial charge in [-0.25, -0.2) is 0 Å². The molecule has 2 fully saturated rings. The number of nitrogens with one attached hydrogen (secondary N) is 2. The van der Waals surface area contributed by atoms with Crippen molar-refractivity contribution in [2.45, 2.75) is 44.2 Å². The minimum Gasteiger partial charge on any atom is -0.355 e. The third-order valence-electron chi connectivity index (χ3n) is 3.84. The molecule has 0 radical (unpaired) electrons. The van der Waals surface area contributed by atoms with Crippen molar-refractivity contribution in [2.24, 2.45) is 0 Å². The van der Waals surface area contributed by atoms with Gasteiger partial charge in [-0.3, -0.25) is 4.79 Å². The molecular weight excluding hydrogens is 224 g/mol. The van der Waals surface area contributed by atoms with E-state index < -0.39 is 0 Å². The highest BCUT2D eigenvalue weighted by atomic mass is 16.2. The molecule has 1 unspecified atom stereocenters. The van der Waals surface area contributed by atoms with Crippen LogP contribution in [0.3, 0.4) is 0 Å². The maximum atomic E-state index is 11.6. The van der Waals surface area contributed by atoms with Crippen LogP contribution in [0.25, 0.3) is 0 Å². The largest absolute Gasteiger partial charge is 0.355 e. The van der Waals surface area contributed by atoms with Crippen molar-refractivity contribution < 1.29 is 4.79 Å². The second kappa shape index (κ2) is 5.11. The smallest absolute Gasteiger partial charge is 0.237 e. The molecule has 3 nitrogen and oxygen atoms in total. The first-order valence-electron chi connectivity index (χ1n) is 6.93. The normalized spacial score (nSPS) is 23.8. The highest BCUT2D eigenvalue weighted by molar-refractivity contribution is 5.82. The number of carbonyl (C=O) groups is 1. The summed E-state index contributed by atoms with van der Waals surface area (Å²) in [5, 5.41) is 6.27. The summed E-state index contributed by atoms with van der Waals surface area (Å²) in [6.45, 7) is 1.62. The van der Waals surface area contributed by atoms with E-state index in [1.165, 1.54) is 24.0 Å². The third-order valence-corrected chi connectivity index (χ3v) is 3.84. The summed E-state index contributed by atoms with van der Waals surface area (Å²) in [4.78, 5) is 11.6. The topological polar surface area (TPSA) is 41.1 Å². The molecule has 0 bridgehead atoms. The Morgan fingerprint density at radius 3 is 2.94 bits per heavy atom. The second-order valence-electron chi connectivity index (χ2n) is 5.39. The SMILES string of the molecule is O=C1NCCCC1NCc1cccc(C2CC2)c1. The number of carbonyl (C=O) groups excluding carboxylic acids is 1. The van der Waals surface area contributed by atoms with Crippen LogP contribution in [-0.2, 0) is 11.3 Å². The van der Waals surface area contributed by atoms with Crippen molar-refractivity contribution in [2.75, 3.05) is 6.54 Å². The fraction of sp³-hybridized carbons (Fsp3) is 0.533. The third kappa shape index (κ3) is 2.72. The van der Waals surface area contributed by atoms with Gasteiger partial charge in [-0.05, 0) is 42.7 Å². The summed E-state index contributed by atoms with van der Waals surface area (Å²) in [6, 6.07) is 8.76. The lowest BCUT2D eigenvalue weighted by atomic mass is 10.0. The Kier molecular flexibility index (Phi) is 3.33. The molecule has 18 heavy (non-hydrogen) atoms. The van der Waals surface area contributed by atoms with Gasteiger partial charge in [0.25, 0.3) is 0 Å². The second-order valence-corrected chi connectivity index (χ2v) is 5.39. The van der Waals surface area contributed by atoms with Crippen molar-refractivity contribution in [1.29, 1.82) is 0 Å². The quantitative estimate of drug-likeness (QED) is 0.849. The van der Waals surface area contributed by atoms with E-state index >= 15 is 0 Å². The standard InChI is InChI=1S/C15H20N2O/c18-15-14(5-2-8-16-15)17-10-11-3-1-4-13(9-11)12-6-7-12/h1,3-4,9,12,14,17H,2,5-8,10H2,(H,16,18). The summed E-state index contributed by atoms with van der Waals surface area (Å²) in [5.74, 6) is 0.947. The van der Waals surface area contributed by atoms with Gasteiger partial charge >= 0.3 is 0 Å². The Labute approximate surface area is 108 Å². The molecule has 1 aliphatic carbocycles. The summed E-state index contributed by atoms with van der Waals surface area (Å²) >= 11 is 0. The maximum Gasteiger partial charge on any atom is 0.237 e. The first-order chi connectivity index (χ1) is 8.83. The van der Waals surface area contributed by atoms with Crippen molar-refractivity contribution in [3.05, 3.63) is 35.4 Å². The number of benzene rings is 1. The molecule has 3 rings (SSSR count). The summed E-state index contributed by atoms with van der Waals surface area (Å²) < 4.78 is 0. The Hall–Kier alpha value is -1.35. The summed E-state index contributed by atoms with van der Waals surface area (Å²) in [6.07, 6.45) is 4.70. The van der Waals surface area contributed by atoms with Gasteiger partial charge in [-0.15, -0.1) is 0 Å². The van der Waals surface area contributed by atoms with Gasteiger partial charge in [0.1, 0.15) is 0 Å². The molecule has 0 aromatic heterocycles. The zero-order chi connectivity index (χ0) is 12.4. The zero-order valence-electron chi connectivity index (χ0n) is 10.6. The molecule has 1 saturated carbocycles. The molecule has 1 saturated heterocycles. The van der Waals surface area contributed by atoms with E-state index in [4.69, 9.17) is 0 Å². The molecule has 1 aromatic carbocycles. The lowest BCUT2D eigenvalue weighted by Crippen LogP contribution is -2.47. The number of piperidine rings is 1. The highest BCUT2D eigenvalue weighted by Gasteiger charge is 2.24. The van der Waals surface area contributed by atoms with E-state index in [9.17, 15) is 4.79 Å². The van der Waals surface area contributed by atoms with E-state index in [-0.39, 0.29) is 11.9 Å². The van der Waals surface area contributed by atoms with Gasteiger partial charge in [-0.1, -0.05) is 24.3 Å². The van der Waals surface area contributed by atoms with Crippen molar-refractivity contribution in [1.82, 2.24) is 10.6 Å². The lowest BCUT2D eigenvalue weighted by molar-refractivity contribution is -0.124. The predicted octanol–water partition coefficient (Wildman–Crippen LogP) is 1.93. The van der Waals surface area contributed by atoms with E-state index in [1.54, 1.807) is 0 Å². The molecule has 1 amide bonds. The molecule has 3 heteroatoms. The predicted molar refractivity (Wildman–Crippen MR) is 71.3 cm³/mol. The molecule has 96 valence electrons. The van der Waals surface area contributed by atoms with E-state index in [1.807, 2.05) is 0 Å². The first kappa shape index (κ1) is 11.7. The molecule has 0 spiro atoms. The number of hydrogen-bond donors (Lipinski definition) is 2. The molecule has 2 aliphatic rings. The van der Waals surface area contributed by atoms with Crippen LogP contribution in [0.15, 0.2) is 24.3 Å². The molecule has 1 aromatic rings. The van der Waals surface area contributed by atoms with Gasteiger partial charge < -0.3 is 10.6 Å². The van der Waals surface area contributed by atoms with Gasteiger partial charge in [0.15, 0.2) is 0 Å². The monoisotopic (exact) mass is 244 g/mol. The average Bonchev–Trinajstić information content (AvgIpc) is 3.23. The number of amides is 1. The van der Waals surface area contributed by atoms with Gasteiger partial charge in [0, 0.05) is 13.1 Å². The Morgan fingerprint density at radius 1 is 1.28 bits per heavy atom. The number of hydrogen-bond acceptors (Lipinski definition) is 2. The zero-order valence-corrected chi connectivity index (χ0v) is 10.6. The van der Waals surface area contributed by atoms with Gasteiger partial charge in [0.2, 0.25) is 5.91 Å². The van der Waals surface area contributed by atoms with E-state index in [0.29, 0.717) is 0 Å². The van der Waals surface area contributed by atoms with Crippen LogP contribution in [-0.4, -0.2) is 18.5 Å². The molecule has 1 atom stereocenters. The molecule has 1 aliphatic heterocycles. The Balaban J connectivity index is 1.58. The van der Waals surface area contributed by atoms with E-state index in [2.05, 4.69) is 34.9 Å². The highest BCUT2D eigenvalue weighted by Crippen LogP contribution is 2.40. The Bertz CT molecular complexity index is 440. The van der Waals surface area contributed by atoms with Gasteiger partial charge in [-0.2, -0.15) is 0 Å². The molecule has 1 heterocycles. The van der Waals surface area contributed by atoms with Crippen LogP contribution < -0.4 is 10.6 Å². The van der Waals surface area contributed by atoms with Crippen LogP contribution in [0.1, 0.15) is 42.7 Å². The fourth-order valence-electron chi connectivity index (χ4n) is 2.58. The first-order valence-corrected chi connectivity index (χ1v) is 6.93. The maximum absolute atomic E-state index is 11.6. The Morgan fingerprint density at radius 2 is 2.17 bits per heavy atom. The van der Waals surface area contributed by atoms with Crippen LogP contribution in [0, 0.1) is 0 Å². The van der Waals surface area contributed by atoms with Crippen molar-refractivity contribution in [3.63, 3.8) is 0 Å². The average molecular weight is 244 g/mol. The van der Waals surface area contributed by atoms with Gasteiger partial charge in [0.05, 0.1) is 6.04 Å². The summed E-state index contributed by atoms with van der Waals surface area (Å²) in [7, 11) is 0.